The number of carbonyl (C=O) groups excluding carboxylic acids is 1. The fraction of sp³-hybridized carbons (Fsp3) is 0.500. The van der Waals surface area contributed by atoms with Crippen molar-refractivity contribution in [2.24, 2.45) is 5.92 Å². The smallest absolute Gasteiger partial charge is 0.226 e. The van der Waals surface area contributed by atoms with Gasteiger partial charge in [0.15, 0.2) is 0 Å². The summed E-state index contributed by atoms with van der Waals surface area (Å²) in [5.41, 5.74) is 0. The molecule has 0 bridgehead atoms. The summed E-state index contributed by atoms with van der Waals surface area (Å²) in [4.78, 5) is 10.6. The Balaban J connectivity index is 3.48. The lowest BCUT2D eigenvalue weighted by Gasteiger charge is -1.99. The molecule has 0 rings (SSSR count). The van der Waals surface area contributed by atoms with Crippen LogP contribution in [0.2, 0.25) is 0 Å². The van der Waals surface area contributed by atoms with Crippen molar-refractivity contribution in [3.05, 3.63) is 12.8 Å². The van der Waals surface area contributed by atoms with Crippen LogP contribution >= 0.6 is 0 Å². The second-order valence-corrected chi connectivity index (χ2v) is 1.87. The zero-order valence-corrected chi connectivity index (χ0v) is 5.27. The van der Waals surface area contributed by atoms with E-state index in [0.29, 0.717) is 0 Å². The summed E-state index contributed by atoms with van der Waals surface area (Å²) >= 11 is 0. The molecule has 0 aliphatic rings. The first-order chi connectivity index (χ1) is 3.68. The van der Waals surface area contributed by atoms with E-state index in [1.807, 2.05) is 13.8 Å². The number of carbonyl (C=O) groups is 1. The lowest BCUT2D eigenvalue weighted by atomic mass is 10.2. The van der Waals surface area contributed by atoms with Crippen molar-refractivity contribution < 1.29 is 4.79 Å². The van der Waals surface area contributed by atoms with Gasteiger partial charge in [-0.3, -0.25) is 4.79 Å². The first kappa shape index (κ1) is 7.21. The van der Waals surface area contributed by atoms with Gasteiger partial charge in [-0.05, 0) is 6.20 Å². The SMILES string of the molecule is C=CNC(=O)C(C)C. The maximum absolute atomic E-state index is 10.6. The van der Waals surface area contributed by atoms with Gasteiger partial charge in [0.1, 0.15) is 0 Å². The molecule has 2 heteroatoms. The second-order valence-electron chi connectivity index (χ2n) is 1.87. The van der Waals surface area contributed by atoms with Crippen LogP contribution in [0.25, 0.3) is 0 Å². The van der Waals surface area contributed by atoms with Gasteiger partial charge in [0.05, 0.1) is 0 Å². The molecule has 0 unspecified atom stereocenters. The average molecular weight is 113 g/mol. The summed E-state index contributed by atoms with van der Waals surface area (Å²) < 4.78 is 0. The van der Waals surface area contributed by atoms with Gasteiger partial charge in [0.2, 0.25) is 5.91 Å². The van der Waals surface area contributed by atoms with Crippen molar-refractivity contribution in [2.45, 2.75) is 13.8 Å². The van der Waals surface area contributed by atoms with Crippen molar-refractivity contribution in [1.29, 1.82) is 0 Å². The Morgan fingerprint density at radius 3 is 2.38 bits per heavy atom. The van der Waals surface area contributed by atoms with Crippen LogP contribution in [0.5, 0.6) is 0 Å². The Labute approximate surface area is 49.6 Å². The van der Waals surface area contributed by atoms with Gasteiger partial charge in [0.25, 0.3) is 0 Å². The highest BCUT2D eigenvalue weighted by molar-refractivity contribution is 5.78. The Hall–Kier alpha value is -0.790. The lowest BCUT2D eigenvalue weighted by molar-refractivity contribution is -0.123. The van der Waals surface area contributed by atoms with Crippen molar-refractivity contribution in [3.63, 3.8) is 0 Å². The molecule has 46 valence electrons. The Morgan fingerprint density at radius 1 is 1.75 bits per heavy atom. The molecule has 0 saturated carbocycles. The van der Waals surface area contributed by atoms with Crippen LogP contribution in [-0.2, 0) is 4.79 Å². The molecule has 0 saturated heterocycles. The molecule has 0 aliphatic carbocycles. The van der Waals surface area contributed by atoms with Gasteiger partial charge in [-0.1, -0.05) is 20.4 Å². The van der Waals surface area contributed by atoms with Crippen molar-refractivity contribution >= 4 is 5.91 Å². The molecular formula is C6H11NO. The molecule has 1 N–H and O–H groups in total. The van der Waals surface area contributed by atoms with Gasteiger partial charge in [-0.25, -0.2) is 0 Å². The van der Waals surface area contributed by atoms with Gasteiger partial charge in [-0.15, -0.1) is 0 Å². The van der Waals surface area contributed by atoms with E-state index in [9.17, 15) is 4.79 Å². The Morgan fingerprint density at radius 2 is 2.25 bits per heavy atom. The van der Waals surface area contributed by atoms with Crippen LogP contribution in [0.3, 0.4) is 0 Å². The molecule has 0 spiro atoms. The summed E-state index contributed by atoms with van der Waals surface area (Å²) in [5, 5.41) is 2.47. The summed E-state index contributed by atoms with van der Waals surface area (Å²) in [5.74, 6) is 0.0630. The molecule has 0 aromatic heterocycles. The van der Waals surface area contributed by atoms with Crippen LogP contribution in [0.4, 0.5) is 0 Å². The Kier molecular flexibility index (Phi) is 2.92. The quantitative estimate of drug-likeness (QED) is 0.566. The third kappa shape index (κ3) is 2.39. The van der Waals surface area contributed by atoms with Crippen LogP contribution in [0, 0.1) is 5.92 Å². The minimum Gasteiger partial charge on any atom is -0.333 e. The fourth-order valence-corrected chi connectivity index (χ4v) is 0.267. The molecule has 0 heterocycles. The normalized spacial score (nSPS) is 8.88. The van der Waals surface area contributed by atoms with Gasteiger partial charge in [-0.2, -0.15) is 0 Å². The van der Waals surface area contributed by atoms with E-state index < -0.39 is 0 Å². The molecule has 8 heavy (non-hydrogen) atoms. The van der Waals surface area contributed by atoms with Gasteiger partial charge in [0, 0.05) is 5.92 Å². The van der Waals surface area contributed by atoms with E-state index in [-0.39, 0.29) is 11.8 Å². The van der Waals surface area contributed by atoms with E-state index >= 15 is 0 Å². The Bertz CT molecular complexity index is 96.7. The van der Waals surface area contributed by atoms with E-state index in [4.69, 9.17) is 0 Å². The van der Waals surface area contributed by atoms with Gasteiger partial charge >= 0.3 is 0 Å². The zero-order valence-electron chi connectivity index (χ0n) is 5.27. The summed E-state index contributed by atoms with van der Waals surface area (Å²) in [6.07, 6.45) is 1.39. The van der Waals surface area contributed by atoms with E-state index in [2.05, 4.69) is 11.9 Å². The average Bonchev–Trinajstić information content (AvgIpc) is 1.67. The molecule has 0 fully saturated rings. The number of hydrogen-bond donors (Lipinski definition) is 1. The van der Waals surface area contributed by atoms with Crippen LogP contribution < -0.4 is 5.32 Å². The topological polar surface area (TPSA) is 29.1 Å². The monoisotopic (exact) mass is 113 g/mol. The second kappa shape index (κ2) is 3.24. The number of rotatable bonds is 2. The maximum Gasteiger partial charge on any atom is 0.226 e. The van der Waals surface area contributed by atoms with Gasteiger partial charge < -0.3 is 5.32 Å². The van der Waals surface area contributed by atoms with Crippen LogP contribution in [0.15, 0.2) is 12.8 Å². The highest BCUT2D eigenvalue weighted by Gasteiger charge is 2.01. The minimum absolute atomic E-state index is 0.0139. The first-order valence-electron chi connectivity index (χ1n) is 2.59. The van der Waals surface area contributed by atoms with E-state index in [0.717, 1.165) is 0 Å². The molecule has 0 aromatic carbocycles. The molecule has 0 radical (unpaired) electrons. The summed E-state index contributed by atoms with van der Waals surface area (Å²) in [7, 11) is 0. The predicted molar refractivity (Wildman–Crippen MR) is 33.2 cm³/mol. The molecule has 2 nitrogen and oxygen atoms in total. The number of amides is 1. The fourth-order valence-electron chi connectivity index (χ4n) is 0.267. The zero-order chi connectivity index (χ0) is 6.57. The third-order valence-electron chi connectivity index (χ3n) is 0.769. The predicted octanol–water partition coefficient (Wildman–Crippen LogP) is 0.902. The summed E-state index contributed by atoms with van der Waals surface area (Å²) in [6, 6.07) is 0. The van der Waals surface area contributed by atoms with Crippen LogP contribution in [-0.4, -0.2) is 5.91 Å². The third-order valence-corrected chi connectivity index (χ3v) is 0.769. The lowest BCUT2D eigenvalue weighted by Crippen LogP contribution is -2.21. The van der Waals surface area contributed by atoms with Crippen LogP contribution in [0.1, 0.15) is 13.8 Å². The highest BCUT2D eigenvalue weighted by atomic mass is 16.1. The molecule has 0 aliphatic heterocycles. The number of hydrogen-bond acceptors (Lipinski definition) is 1. The largest absolute Gasteiger partial charge is 0.333 e. The maximum atomic E-state index is 10.6. The van der Waals surface area contributed by atoms with Crippen molar-refractivity contribution in [2.75, 3.05) is 0 Å². The molecule has 0 aromatic rings. The highest BCUT2D eigenvalue weighted by Crippen LogP contribution is 1.88. The first-order valence-corrected chi connectivity index (χ1v) is 2.59. The minimum atomic E-state index is 0.0139. The molecular weight excluding hydrogens is 102 g/mol. The van der Waals surface area contributed by atoms with E-state index in [1.165, 1.54) is 6.20 Å². The summed E-state index contributed by atoms with van der Waals surface area (Å²) in [6.45, 7) is 7.02. The molecule has 0 atom stereocenters. The standard InChI is InChI=1S/C6H11NO/c1-4-7-6(8)5(2)3/h4-5H,1H2,2-3H3,(H,7,8). The van der Waals surface area contributed by atoms with Crippen molar-refractivity contribution in [1.82, 2.24) is 5.32 Å². The molecule has 1 amide bonds. The van der Waals surface area contributed by atoms with Crippen molar-refractivity contribution in [3.8, 4) is 0 Å². The number of nitrogens with one attached hydrogen (secondary N) is 1. The van der Waals surface area contributed by atoms with E-state index in [1.54, 1.807) is 0 Å².